The van der Waals surface area contributed by atoms with Crippen molar-refractivity contribution in [3.05, 3.63) is 0 Å². The number of imide groups is 1. The Morgan fingerprint density at radius 2 is 1.09 bits per heavy atom. The van der Waals surface area contributed by atoms with E-state index in [9.17, 15) is 9.59 Å². The van der Waals surface area contributed by atoms with Crippen LogP contribution in [0.15, 0.2) is 0 Å². The van der Waals surface area contributed by atoms with Gasteiger partial charge in [-0.15, -0.1) is 0 Å². The SMILES string of the molecule is CCCCCCCCNN1C(=O)C(CCCCCCCC)C(C)(NCCCCCCCC)C1=O. The molecular weight excluding hydrogens is 422 g/mol. The molecule has 1 rings (SSSR count). The first-order valence-corrected chi connectivity index (χ1v) is 14.9. The van der Waals surface area contributed by atoms with Gasteiger partial charge in [0, 0.05) is 6.54 Å². The first-order chi connectivity index (χ1) is 16.5. The summed E-state index contributed by atoms with van der Waals surface area (Å²) >= 11 is 0. The molecule has 0 aliphatic carbocycles. The van der Waals surface area contributed by atoms with E-state index in [-0.39, 0.29) is 17.7 Å². The number of unbranched alkanes of at least 4 members (excludes halogenated alkanes) is 15. The zero-order chi connectivity index (χ0) is 25.1. The predicted octanol–water partition coefficient (Wildman–Crippen LogP) is 7.30. The van der Waals surface area contributed by atoms with Gasteiger partial charge in [-0.3, -0.25) is 9.59 Å². The van der Waals surface area contributed by atoms with Crippen LogP contribution in [-0.2, 0) is 9.59 Å². The first kappa shape index (κ1) is 31.1. The second kappa shape index (κ2) is 19.3. The van der Waals surface area contributed by atoms with Crippen LogP contribution in [0, 0.1) is 5.92 Å². The summed E-state index contributed by atoms with van der Waals surface area (Å²) in [5.41, 5.74) is 2.41. The molecule has 1 saturated heterocycles. The number of nitrogens with zero attached hydrogens (tertiary/aromatic N) is 1. The highest BCUT2D eigenvalue weighted by molar-refractivity contribution is 6.09. The van der Waals surface area contributed by atoms with Gasteiger partial charge in [0.25, 0.3) is 5.91 Å². The van der Waals surface area contributed by atoms with E-state index in [1.807, 2.05) is 6.92 Å². The Hall–Kier alpha value is -0.940. The largest absolute Gasteiger partial charge is 0.303 e. The van der Waals surface area contributed by atoms with Gasteiger partial charge in [-0.1, -0.05) is 124 Å². The average molecular weight is 480 g/mol. The van der Waals surface area contributed by atoms with E-state index in [1.54, 1.807) is 0 Å². The molecule has 0 aromatic rings. The van der Waals surface area contributed by atoms with Gasteiger partial charge < -0.3 is 5.32 Å². The lowest BCUT2D eigenvalue weighted by molar-refractivity contribution is -0.144. The Balaban J connectivity index is 2.59. The summed E-state index contributed by atoms with van der Waals surface area (Å²) in [6.07, 6.45) is 22.6. The van der Waals surface area contributed by atoms with Crippen LogP contribution in [-0.4, -0.2) is 35.5 Å². The van der Waals surface area contributed by atoms with Gasteiger partial charge in [0.05, 0.1) is 5.92 Å². The fourth-order valence-corrected chi connectivity index (χ4v) is 5.12. The van der Waals surface area contributed by atoms with Crippen molar-refractivity contribution in [3.8, 4) is 0 Å². The van der Waals surface area contributed by atoms with E-state index in [2.05, 4.69) is 31.5 Å². The molecule has 1 fully saturated rings. The van der Waals surface area contributed by atoms with E-state index >= 15 is 0 Å². The van der Waals surface area contributed by atoms with E-state index in [0.29, 0.717) is 6.54 Å². The smallest absolute Gasteiger partial charge is 0.264 e. The fourth-order valence-electron chi connectivity index (χ4n) is 5.12. The zero-order valence-electron chi connectivity index (χ0n) is 23.2. The summed E-state index contributed by atoms with van der Waals surface area (Å²) in [6, 6.07) is 0. The molecule has 1 aliphatic heterocycles. The highest BCUT2D eigenvalue weighted by Gasteiger charge is 2.55. The Bertz CT molecular complexity index is 539. The lowest BCUT2D eigenvalue weighted by Crippen LogP contribution is -2.54. The van der Waals surface area contributed by atoms with Crippen molar-refractivity contribution in [2.24, 2.45) is 5.92 Å². The molecule has 0 aromatic carbocycles. The van der Waals surface area contributed by atoms with Crippen LogP contribution in [0.5, 0.6) is 0 Å². The minimum atomic E-state index is -0.780. The van der Waals surface area contributed by atoms with Gasteiger partial charge in [0.2, 0.25) is 5.91 Å². The summed E-state index contributed by atoms with van der Waals surface area (Å²) in [6.45, 7) is 10.2. The average Bonchev–Trinajstić information content (AvgIpc) is 3.00. The van der Waals surface area contributed by atoms with Crippen LogP contribution in [0.25, 0.3) is 0 Å². The number of amides is 2. The van der Waals surface area contributed by atoms with Crippen LogP contribution in [0.1, 0.15) is 150 Å². The summed E-state index contributed by atoms with van der Waals surface area (Å²) in [5, 5.41) is 4.91. The van der Waals surface area contributed by atoms with Crippen molar-refractivity contribution >= 4 is 11.8 Å². The number of nitrogens with one attached hydrogen (secondary N) is 2. The lowest BCUT2D eigenvalue weighted by Gasteiger charge is -2.29. The Morgan fingerprint density at radius 3 is 1.62 bits per heavy atom. The molecule has 5 heteroatoms. The van der Waals surface area contributed by atoms with E-state index in [4.69, 9.17) is 0 Å². The minimum Gasteiger partial charge on any atom is -0.303 e. The molecule has 34 heavy (non-hydrogen) atoms. The fraction of sp³-hybridized carbons (Fsp3) is 0.931. The highest BCUT2D eigenvalue weighted by Crippen LogP contribution is 2.33. The normalized spacial score (nSPS) is 20.6. The molecule has 2 atom stereocenters. The number of hydrazine groups is 1. The molecule has 1 aliphatic rings. The van der Waals surface area contributed by atoms with E-state index in [1.165, 1.54) is 88.5 Å². The zero-order valence-corrected chi connectivity index (χ0v) is 23.2. The Morgan fingerprint density at radius 1 is 0.647 bits per heavy atom. The van der Waals surface area contributed by atoms with Gasteiger partial charge in [-0.2, -0.15) is 0 Å². The molecule has 5 nitrogen and oxygen atoms in total. The number of hydrogen-bond donors (Lipinski definition) is 2. The maximum atomic E-state index is 13.4. The number of hydrogen-bond acceptors (Lipinski definition) is 4. The first-order valence-electron chi connectivity index (χ1n) is 14.9. The highest BCUT2D eigenvalue weighted by atomic mass is 16.2. The predicted molar refractivity (Wildman–Crippen MR) is 144 cm³/mol. The second-order valence-corrected chi connectivity index (χ2v) is 10.7. The van der Waals surface area contributed by atoms with Crippen molar-refractivity contribution < 1.29 is 9.59 Å². The summed E-state index contributed by atoms with van der Waals surface area (Å²) < 4.78 is 0. The van der Waals surface area contributed by atoms with Gasteiger partial charge in [0.15, 0.2) is 0 Å². The molecule has 1 heterocycles. The minimum absolute atomic E-state index is 0.0255. The summed E-state index contributed by atoms with van der Waals surface area (Å²) in [5.74, 6) is -0.365. The van der Waals surface area contributed by atoms with Crippen LogP contribution in [0.2, 0.25) is 0 Å². The topological polar surface area (TPSA) is 61.4 Å². The van der Waals surface area contributed by atoms with Crippen molar-refractivity contribution in [2.45, 2.75) is 155 Å². The Labute approximate surface area is 211 Å². The van der Waals surface area contributed by atoms with Gasteiger partial charge >= 0.3 is 0 Å². The summed E-state index contributed by atoms with van der Waals surface area (Å²) in [7, 11) is 0. The van der Waals surface area contributed by atoms with Crippen molar-refractivity contribution in [2.75, 3.05) is 13.1 Å². The third kappa shape index (κ3) is 11.2. The Kier molecular flexibility index (Phi) is 17.6. The maximum absolute atomic E-state index is 13.4. The van der Waals surface area contributed by atoms with E-state index in [0.717, 1.165) is 45.1 Å². The van der Waals surface area contributed by atoms with Crippen molar-refractivity contribution in [1.82, 2.24) is 15.8 Å². The monoisotopic (exact) mass is 479 g/mol. The van der Waals surface area contributed by atoms with Crippen molar-refractivity contribution in [1.29, 1.82) is 0 Å². The van der Waals surface area contributed by atoms with Crippen LogP contribution in [0.3, 0.4) is 0 Å². The standard InChI is InChI=1S/C29H57N3O2/c1-5-8-11-14-17-20-23-26-27(33)32(31-25-22-19-16-13-10-7-3)28(34)29(26,4)30-24-21-18-15-12-9-6-2/h26,30-31H,5-25H2,1-4H3. The van der Waals surface area contributed by atoms with Crippen LogP contribution >= 0.6 is 0 Å². The van der Waals surface area contributed by atoms with Crippen LogP contribution < -0.4 is 10.7 Å². The molecule has 0 saturated carbocycles. The maximum Gasteiger partial charge on any atom is 0.264 e. The molecule has 0 aromatic heterocycles. The molecular formula is C29H57N3O2. The van der Waals surface area contributed by atoms with E-state index < -0.39 is 5.54 Å². The van der Waals surface area contributed by atoms with Crippen LogP contribution in [0.4, 0.5) is 0 Å². The summed E-state index contributed by atoms with van der Waals surface area (Å²) in [4.78, 5) is 26.7. The van der Waals surface area contributed by atoms with Gasteiger partial charge in [-0.05, 0) is 32.7 Å². The quantitative estimate of drug-likeness (QED) is 0.119. The second-order valence-electron chi connectivity index (χ2n) is 10.7. The molecule has 2 N–H and O–H groups in total. The third-order valence-corrected chi connectivity index (χ3v) is 7.53. The third-order valence-electron chi connectivity index (χ3n) is 7.53. The van der Waals surface area contributed by atoms with Crippen molar-refractivity contribution in [3.63, 3.8) is 0 Å². The molecule has 2 amide bonds. The number of carbonyl (C=O) groups is 2. The number of carbonyl (C=O) groups excluding carboxylic acids is 2. The van der Waals surface area contributed by atoms with Gasteiger partial charge in [0.1, 0.15) is 5.54 Å². The molecule has 0 radical (unpaired) electrons. The molecule has 0 bridgehead atoms. The molecule has 2 unspecified atom stereocenters. The van der Waals surface area contributed by atoms with Gasteiger partial charge in [-0.25, -0.2) is 10.4 Å². The number of rotatable bonds is 23. The molecule has 200 valence electrons. The molecule has 0 spiro atoms. The lowest BCUT2D eigenvalue weighted by atomic mass is 9.83.